The Balaban J connectivity index is 2.26. The number of rotatable bonds is 5. The highest BCUT2D eigenvalue weighted by Gasteiger charge is 2.18. The summed E-state index contributed by atoms with van der Waals surface area (Å²) in [5.41, 5.74) is 3.96. The van der Waals surface area contributed by atoms with E-state index in [9.17, 15) is 10.1 Å². The van der Waals surface area contributed by atoms with Crippen molar-refractivity contribution >= 4 is 33.0 Å². The van der Waals surface area contributed by atoms with Crippen molar-refractivity contribution in [3.05, 3.63) is 62.6 Å². The summed E-state index contributed by atoms with van der Waals surface area (Å²) in [7, 11) is 0. The predicted molar refractivity (Wildman–Crippen MR) is 82.4 cm³/mol. The van der Waals surface area contributed by atoms with Crippen LogP contribution in [0.3, 0.4) is 0 Å². The van der Waals surface area contributed by atoms with Crippen LogP contribution in [0.2, 0.25) is 0 Å². The Morgan fingerprint density at radius 3 is 2.50 bits per heavy atom. The van der Waals surface area contributed by atoms with E-state index >= 15 is 0 Å². The highest BCUT2D eigenvalue weighted by molar-refractivity contribution is 9.10. The molecule has 0 spiro atoms. The van der Waals surface area contributed by atoms with E-state index in [1.807, 2.05) is 24.3 Å². The van der Waals surface area contributed by atoms with Crippen molar-refractivity contribution in [1.29, 1.82) is 0 Å². The van der Waals surface area contributed by atoms with Crippen LogP contribution >= 0.6 is 15.9 Å². The molecule has 0 bridgehead atoms. The molecule has 6 nitrogen and oxygen atoms in total. The molecule has 0 unspecified atom stereocenters. The van der Waals surface area contributed by atoms with Crippen molar-refractivity contribution in [2.75, 3.05) is 10.7 Å². The van der Waals surface area contributed by atoms with Gasteiger partial charge >= 0.3 is 5.69 Å². The lowest BCUT2D eigenvalue weighted by atomic mass is 10.2. The zero-order valence-electron chi connectivity index (χ0n) is 10.5. The topological polar surface area (TPSA) is 93.2 Å². The van der Waals surface area contributed by atoms with Crippen LogP contribution in [-0.4, -0.2) is 4.92 Å². The highest BCUT2D eigenvalue weighted by atomic mass is 79.9. The van der Waals surface area contributed by atoms with Crippen LogP contribution in [0.15, 0.2) is 46.9 Å². The van der Waals surface area contributed by atoms with Crippen molar-refractivity contribution in [3.8, 4) is 0 Å². The van der Waals surface area contributed by atoms with Gasteiger partial charge in [-0.3, -0.25) is 16.0 Å². The van der Waals surface area contributed by atoms with E-state index in [4.69, 9.17) is 5.84 Å². The standard InChI is InChI=1S/C13H13BrN4O2/c14-10-5-2-1-4-9(10)8-16-11-6-3-7-12(17-15)13(11)18(19)20/h1-7,16-17H,8,15H2. The number of nitro groups is 1. The number of para-hydroxylation sites is 1. The maximum absolute atomic E-state index is 11.1. The minimum atomic E-state index is -0.461. The van der Waals surface area contributed by atoms with Crippen LogP contribution in [0, 0.1) is 10.1 Å². The van der Waals surface area contributed by atoms with Crippen LogP contribution in [0.4, 0.5) is 17.1 Å². The molecule has 2 aromatic rings. The SMILES string of the molecule is NNc1cccc(NCc2ccccc2Br)c1[N+](=O)[O-]. The Kier molecular flexibility index (Phi) is 4.54. The molecule has 0 aliphatic heterocycles. The van der Waals surface area contributed by atoms with Crippen molar-refractivity contribution in [3.63, 3.8) is 0 Å². The smallest absolute Gasteiger partial charge is 0.316 e. The molecule has 104 valence electrons. The Morgan fingerprint density at radius 2 is 1.85 bits per heavy atom. The number of halogens is 1. The predicted octanol–water partition coefficient (Wildman–Crippen LogP) is 3.26. The van der Waals surface area contributed by atoms with Crippen LogP contribution in [0.25, 0.3) is 0 Å². The van der Waals surface area contributed by atoms with Crippen LogP contribution in [0.5, 0.6) is 0 Å². The molecule has 0 saturated heterocycles. The number of hydrazine groups is 1. The first-order valence-corrected chi connectivity index (χ1v) is 6.64. The monoisotopic (exact) mass is 336 g/mol. The average molecular weight is 337 g/mol. The minimum Gasteiger partial charge on any atom is -0.375 e. The maximum atomic E-state index is 11.1. The first-order chi connectivity index (χ1) is 9.63. The van der Waals surface area contributed by atoms with E-state index in [0.717, 1.165) is 10.0 Å². The number of hydrogen-bond acceptors (Lipinski definition) is 5. The molecule has 0 heterocycles. The lowest BCUT2D eigenvalue weighted by Crippen LogP contribution is -2.11. The largest absolute Gasteiger partial charge is 0.375 e. The summed E-state index contributed by atoms with van der Waals surface area (Å²) in [5, 5.41) is 14.2. The molecule has 0 radical (unpaired) electrons. The second-order valence-corrected chi connectivity index (χ2v) is 4.90. The van der Waals surface area contributed by atoms with Gasteiger partial charge in [0.05, 0.1) is 4.92 Å². The van der Waals surface area contributed by atoms with E-state index in [2.05, 4.69) is 26.7 Å². The van der Waals surface area contributed by atoms with Crippen LogP contribution in [-0.2, 0) is 6.54 Å². The van der Waals surface area contributed by atoms with Gasteiger partial charge in [0.1, 0.15) is 11.4 Å². The molecule has 0 amide bonds. The molecule has 0 saturated carbocycles. The van der Waals surface area contributed by atoms with E-state index in [0.29, 0.717) is 12.2 Å². The normalized spacial score (nSPS) is 10.1. The van der Waals surface area contributed by atoms with Gasteiger partial charge in [0.15, 0.2) is 0 Å². The van der Waals surface area contributed by atoms with Gasteiger partial charge in [0.2, 0.25) is 0 Å². The Hall–Kier alpha value is -2.12. The summed E-state index contributed by atoms with van der Waals surface area (Å²) in [6.07, 6.45) is 0. The molecular weight excluding hydrogens is 324 g/mol. The number of hydrogen-bond donors (Lipinski definition) is 3. The van der Waals surface area contributed by atoms with Crippen molar-refractivity contribution in [2.24, 2.45) is 5.84 Å². The average Bonchev–Trinajstić information content (AvgIpc) is 2.45. The van der Waals surface area contributed by atoms with Gasteiger partial charge in [-0.15, -0.1) is 0 Å². The fourth-order valence-electron chi connectivity index (χ4n) is 1.83. The minimum absolute atomic E-state index is 0.0675. The van der Waals surface area contributed by atoms with Gasteiger partial charge in [-0.25, -0.2) is 0 Å². The molecule has 4 N–H and O–H groups in total. The van der Waals surface area contributed by atoms with Crippen LogP contribution < -0.4 is 16.6 Å². The number of nitro benzene ring substituents is 1. The number of nitrogens with two attached hydrogens (primary N) is 1. The number of nitrogen functional groups attached to an aromatic ring is 1. The van der Waals surface area contributed by atoms with Gasteiger partial charge < -0.3 is 10.7 Å². The quantitative estimate of drug-likeness (QED) is 0.442. The number of anilines is 2. The molecule has 7 heteroatoms. The van der Waals surface area contributed by atoms with Crippen LogP contribution in [0.1, 0.15) is 5.56 Å². The number of nitrogens with zero attached hydrogens (tertiary/aromatic N) is 1. The van der Waals surface area contributed by atoms with Gasteiger partial charge in [0, 0.05) is 11.0 Å². The van der Waals surface area contributed by atoms with E-state index in [1.54, 1.807) is 18.2 Å². The Morgan fingerprint density at radius 1 is 1.15 bits per heavy atom. The van der Waals surface area contributed by atoms with Gasteiger partial charge in [-0.05, 0) is 23.8 Å². The Labute approximate surface area is 124 Å². The lowest BCUT2D eigenvalue weighted by Gasteiger charge is -2.10. The summed E-state index contributed by atoms with van der Waals surface area (Å²) in [6, 6.07) is 12.6. The summed E-state index contributed by atoms with van der Waals surface area (Å²) in [5.74, 6) is 5.30. The molecule has 20 heavy (non-hydrogen) atoms. The third kappa shape index (κ3) is 3.06. The summed E-state index contributed by atoms with van der Waals surface area (Å²) in [6.45, 7) is 0.469. The summed E-state index contributed by atoms with van der Waals surface area (Å²) in [4.78, 5) is 10.7. The summed E-state index contributed by atoms with van der Waals surface area (Å²) < 4.78 is 0.947. The third-order valence-corrected chi connectivity index (χ3v) is 3.57. The van der Waals surface area contributed by atoms with E-state index in [-0.39, 0.29) is 11.4 Å². The third-order valence-electron chi connectivity index (χ3n) is 2.80. The van der Waals surface area contributed by atoms with Crippen molar-refractivity contribution in [2.45, 2.75) is 6.54 Å². The molecule has 0 aliphatic rings. The second-order valence-electron chi connectivity index (χ2n) is 4.05. The molecule has 0 aromatic heterocycles. The van der Waals surface area contributed by atoms with E-state index in [1.165, 1.54) is 0 Å². The van der Waals surface area contributed by atoms with Gasteiger partial charge in [-0.1, -0.05) is 40.2 Å². The molecule has 2 rings (SSSR count). The molecule has 0 atom stereocenters. The molecular formula is C13H13BrN4O2. The Bertz CT molecular complexity index is 634. The van der Waals surface area contributed by atoms with Crippen molar-refractivity contribution < 1.29 is 4.92 Å². The maximum Gasteiger partial charge on any atom is 0.316 e. The number of benzene rings is 2. The second kappa shape index (κ2) is 6.36. The van der Waals surface area contributed by atoms with E-state index < -0.39 is 4.92 Å². The molecule has 2 aromatic carbocycles. The van der Waals surface area contributed by atoms with Crippen molar-refractivity contribution in [1.82, 2.24) is 0 Å². The molecule has 0 fully saturated rings. The zero-order chi connectivity index (χ0) is 14.5. The highest BCUT2D eigenvalue weighted by Crippen LogP contribution is 2.32. The zero-order valence-corrected chi connectivity index (χ0v) is 12.1. The first kappa shape index (κ1) is 14.3. The van der Waals surface area contributed by atoms with Gasteiger partial charge in [-0.2, -0.15) is 0 Å². The molecule has 0 aliphatic carbocycles. The van der Waals surface area contributed by atoms with Gasteiger partial charge in [0.25, 0.3) is 0 Å². The fourth-order valence-corrected chi connectivity index (χ4v) is 2.26. The number of nitrogens with one attached hydrogen (secondary N) is 2. The lowest BCUT2D eigenvalue weighted by molar-refractivity contribution is -0.383. The first-order valence-electron chi connectivity index (χ1n) is 5.84. The fraction of sp³-hybridized carbons (Fsp3) is 0.0769. The summed E-state index contributed by atoms with van der Waals surface area (Å²) >= 11 is 3.44.